The highest BCUT2D eigenvalue weighted by Gasteiger charge is 2.44. The van der Waals surface area contributed by atoms with Gasteiger partial charge in [-0.2, -0.15) is 0 Å². The molecule has 1 spiro atoms. The summed E-state index contributed by atoms with van der Waals surface area (Å²) >= 11 is 0. The van der Waals surface area contributed by atoms with Crippen LogP contribution in [-0.4, -0.2) is 29.4 Å². The van der Waals surface area contributed by atoms with Crippen LogP contribution in [-0.2, 0) is 11.3 Å². The number of nitrogens with zero attached hydrogens (tertiary/aromatic N) is 1. The Balaban J connectivity index is 1.81. The Morgan fingerprint density at radius 1 is 1.11 bits per heavy atom. The van der Waals surface area contributed by atoms with Gasteiger partial charge >= 0.3 is 0 Å². The molecule has 3 rings (SSSR count). The number of carbonyl (C=O) groups excluding carboxylic acids is 1. The highest BCUT2D eigenvalue weighted by atomic mass is 16.2. The number of hydrogen-bond donors (Lipinski definition) is 1. The number of benzene rings is 1. The van der Waals surface area contributed by atoms with Crippen molar-refractivity contribution in [1.29, 1.82) is 0 Å². The third kappa shape index (κ3) is 2.52. The normalized spacial score (nSPS) is 27.8. The lowest BCUT2D eigenvalue weighted by Gasteiger charge is -2.38. The number of likely N-dealkylation sites (tertiary alicyclic amines) is 1. The zero-order valence-electron chi connectivity index (χ0n) is 11.4. The highest BCUT2D eigenvalue weighted by molar-refractivity contribution is 5.79. The van der Waals surface area contributed by atoms with Crippen LogP contribution in [0.2, 0.25) is 0 Å². The molecular formula is C16H22N2O. The SMILES string of the molecule is O=C1CC[C@]2(CCCNCC2)N1Cc1ccccc1. The molecule has 2 aliphatic heterocycles. The monoisotopic (exact) mass is 258 g/mol. The van der Waals surface area contributed by atoms with Gasteiger partial charge in [-0.05, 0) is 44.3 Å². The number of amides is 1. The van der Waals surface area contributed by atoms with Crippen molar-refractivity contribution < 1.29 is 4.79 Å². The van der Waals surface area contributed by atoms with Crippen LogP contribution in [0.3, 0.4) is 0 Å². The molecule has 3 nitrogen and oxygen atoms in total. The van der Waals surface area contributed by atoms with Gasteiger partial charge in [-0.1, -0.05) is 30.3 Å². The standard InChI is InChI=1S/C16H22N2O/c19-15-7-9-16(8-4-11-17-12-10-16)18(15)13-14-5-2-1-3-6-14/h1-3,5-6,17H,4,7-13H2/t16-/m0/s1. The van der Waals surface area contributed by atoms with Crippen LogP contribution in [0.4, 0.5) is 0 Å². The maximum atomic E-state index is 12.3. The molecule has 1 amide bonds. The number of carbonyl (C=O) groups is 1. The summed E-state index contributed by atoms with van der Waals surface area (Å²) in [5, 5.41) is 3.46. The van der Waals surface area contributed by atoms with Crippen molar-refractivity contribution in [3.05, 3.63) is 35.9 Å². The first kappa shape index (κ1) is 12.7. The van der Waals surface area contributed by atoms with Crippen molar-refractivity contribution >= 4 is 5.91 Å². The molecule has 1 aromatic carbocycles. The van der Waals surface area contributed by atoms with Crippen LogP contribution >= 0.6 is 0 Å². The quantitative estimate of drug-likeness (QED) is 0.883. The van der Waals surface area contributed by atoms with E-state index in [0.717, 1.165) is 45.3 Å². The highest BCUT2D eigenvalue weighted by Crippen LogP contribution is 2.39. The predicted octanol–water partition coefficient (Wildman–Crippen LogP) is 2.32. The van der Waals surface area contributed by atoms with E-state index in [9.17, 15) is 4.79 Å². The van der Waals surface area contributed by atoms with E-state index < -0.39 is 0 Å². The molecule has 2 heterocycles. The number of nitrogens with one attached hydrogen (secondary N) is 1. The zero-order valence-corrected chi connectivity index (χ0v) is 11.4. The molecule has 102 valence electrons. The molecule has 19 heavy (non-hydrogen) atoms. The summed E-state index contributed by atoms with van der Waals surface area (Å²) in [5.74, 6) is 0.339. The fourth-order valence-corrected chi connectivity index (χ4v) is 3.53. The first-order chi connectivity index (χ1) is 9.30. The molecule has 0 aromatic heterocycles. The molecule has 2 aliphatic rings. The van der Waals surface area contributed by atoms with Crippen molar-refractivity contribution in [3.8, 4) is 0 Å². The molecule has 0 aliphatic carbocycles. The lowest BCUT2D eigenvalue weighted by atomic mass is 9.87. The van der Waals surface area contributed by atoms with Crippen LogP contribution in [0, 0.1) is 0 Å². The van der Waals surface area contributed by atoms with Crippen LogP contribution in [0.15, 0.2) is 30.3 Å². The minimum Gasteiger partial charge on any atom is -0.333 e. The van der Waals surface area contributed by atoms with Crippen molar-refractivity contribution in [2.24, 2.45) is 0 Å². The van der Waals surface area contributed by atoms with E-state index in [2.05, 4.69) is 34.5 Å². The molecule has 0 saturated carbocycles. The van der Waals surface area contributed by atoms with Gasteiger partial charge in [0.15, 0.2) is 0 Å². The molecule has 0 radical (unpaired) electrons. The summed E-state index contributed by atoms with van der Waals surface area (Å²) < 4.78 is 0. The van der Waals surface area contributed by atoms with E-state index in [0.29, 0.717) is 5.91 Å². The van der Waals surface area contributed by atoms with Gasteiger partial charge in [0.2, 0.25) is 5.91 Å². The van der Waals surface area contributed by atoms with Gasteiger partial charge in [0.25, 0.3) is 0 Å². The molecule has 0 unspecified atom stereocenters. The number of rotatable bonds is 2. The fraction of sp³-hybridized carbons (Fsp3) is 0.562. The van der Waals surface area contributed by atoms with E-state index >= 15 is 0 Å². The minimum atomic E-state index is 0.121. The average molecular weight is 258 g/mol. The summed E-state index contributed by atoms with van der Waals surface area (Å²) in [5.41, 5.74) is 1.37. The molecular weight excluding hydrogens is 236 g/mol. The Bertz CT molecular complexity index is 435. The van der Waals surface area contributed by atoms with Crippen molar-refractivity contribution in [2.75, 3.05) is 13.1 Å². The van der Waals surface area contributed by atoms with Gasteiger partial charge in [0, 0.05) is 18.5 Å². The van der Waals surface area contributed by atoms with Gasteiger partial charge < -0.3 is 10.2 Å². The van der Waals surface area contributed by atoms with E-state index in [1.165, 1.54) is 12.0 Å². The third-order valence-corrected chi connectivity index (χ3v) is 4.62. The maximum Gasteiger partial charge on any atom is 0.223 e. The number of hydrogen-bond acceptors (Lipinski definition) is 2. The summed E-state index contributed by atoms with van der Waals surface area (Å²) in [6.07, 6.45) is 5.20. The lowest BCUT2D eigenvalue weighted by Crippen LogP contribution is -2.45. The van der Waals surface area contributed by atoms with Crippen molar-refractivity contribution in [1.82, 2.24) is 10.2 Å². The van der Waals surface area contributed by atoms with E-state index in [-0.39, 0.29) is 5.54 Å². The van der Waals surface area contributed by atoms with Crippen LogP contribution in [0.25, 0.3) is 0 Å². The Morgan fingerprint density at radius 3 is 2.79 bits per heavy atom. The van der Waals surface area contributed by atoms with Gasteiger partial charge in [-0.25, -0.2) is 0 Å². The Morgan fingerprint density at radius 2 is 1.95 bits per heavy atom. The first-order valence-electron chi connectivity index (χ1n) is 7.35. The van der Waals surface area contributed by atoms with E-state index in [4.69, 9.17) is 0 Å². The summed E-state index contributed by atoms with van der Waals surface area (Å²) in [6, 6.07) is 10.4. The Hall–Kier alpha value is -1.35. The lowest BCUT2D eigenvalue weighted by molar-refractivity contribution is -0.132. The molecule has 2 saturated heterocycles. The van der Waals surface area contributed by atoms with Gasteiger partial charge in [-0.15, -0.1) is 0 Å². The molecule has 2 fully saturated rings. The summed E-state index contributed by atoms with van der Waals surface area (Å²) in [6.45, 7) is 2.91. The van der Waals surface area contributed by atoms with Gasteiger partial charge in [0.05, 0.1) is 0 Å². The van der Waals surface area contributed by atoms with Crippen LogP contribution in [0.5, 0.6) is 0 Å². The van der Waals surface area contributed by atoms with E-state index in [1.807, 2.05) is 6.07 Å². The Kier molecular flexibility index (Phi) is 3.56. The molecule has 3 heteroatoms. The van der Waals surface area contributed by atoms with Gasteiger partial charge in [-0.3, -0.25) is 4.79 Å². The molecule has 0 bridgehead atoms. The minimum absolute atomic E-state index is 0.121. The van der Waals surface area contributed by atoms with Crippen molar-refractivity contribution in [2.45, 2.75) is 44.2 Å². The largest absolute Gasteiger partial charge is 0.333 e. The van der Waals surface area contributed by atoms with Gasteiger partial charge in [0.1, 0.15) is 0 Å². The predicted molar refractivity (Wildman–Crippen MR) is 75.7 cm³/mol. The second-order valence-corrected chi connectivity index (χ2v) is 5.79. The third-order valence-electron chi connectivity index (χ3n) is 4.62. The second kappa shape index (κ2) is 5.33. The first-order valence-corrected chi connectivity index (χ1v) is 7.35. The summed E-state index contributed by atoms with van der Waals surface area (Å²) in [7, 11) is 0. The van der Waals surface area contributed by atoms with Crippen LogP contribution in [0.1, 0.15) is 37.7 Å². The smallest absolute Gasteiger partial charge is 0.223 e. The topological polar surface area (TPSA) is 32.3 Å². The maximum absolute atomic E-state index is 12.3. The molecule has 1 N–H and O–H groups in total. The molecule has 1 aromatic rings. The molecule has 1 atom stereocenters. The fourth-order valence-electron chi connectivity index (χ4n) is 3.53. The van der Waals surface area contributed by atoms with Crippen LogP contribution < -0.4 is 5.32 Å². The average Bonchev–Trinajstić information content (AvgIpc) is 2.64. The van der Waals surface area contributed by atoms with E-state index in [1.54, 1.807) is 0 Å². The summed E-state index contributed by atoms with van der Waals surface area (Å²) in [4.78, 5) is 14.4. The van der Waals surface area contributed by atoms with Crippen molar-refractivity contribution in [3.63, 3.8) is 0 Å². The Labute approximate surface area is 115 Å². The second-order valence-electron chi connectivity index (χ2n) is 5.79. The zero-order chi connectivity index (χ0) is 13.1.